The number of nitrogens with zero attached hydrogens (tertiary/aromatic N) is 7. The van der Waals surface area contributed by atoms with E-state index < -0.39 is 17.6 Å². The van der Waals surface area contributed by atoms with Crippen LogP contribution in [0.2, 0.25) is 0 Å². The van der Waals surface area contributed by atoms with Gasteiger partial charge in [0, 0.05) is 43.9 Å². The molecule has 0 aliphatic carbocycles. The Kier molecular flexibility index (Phi) is 6.96. The SMILES string of the molecule is C[C@H]1CN(c2ncnc(N)c2C#N)CC[C@H]1c1nc(-c2ccc(F)c(C(F)(F)F)c2)cn1CCN1CCC1. The maximum Gasteiger partial charge on any atom is 0.419 e. The lowest BCUT2D eigenvalue weighted by molar-refractivity contribution is -0.139. The highest BCUT2D eigenvalue weighted by atomic mass is 19.4. The molecule has 1 aromatic carbocycles. The lowest BCUT2D eigenvalue weighted by Gasteiger charge is -2.38. The zero-order chi connectivity index (χ0) is 27.0. The number of imidazole rings is 1. The minimum atomic E-state index is -4.79. The zero-order valence-electron chi connectivity index (χ0n) is 20.9. The first kappa shape index (κ1) is 25.9. The van der Waals surface area contributed by atoms with Gasteiger partial charge in [-0.1, -0.05) is 6.92 Å². The number of anilines is 2. The van der Waals surface area contributed by atoms with Gasteiger partial charge in [0.25, 0.3) is 0 Å². The monoisotopic (exact) mass is 528 g/mol. The predicted octanol–water partition coefficient (Wildman–Crippen LogP) is 4.29. The number of hydrogen-bond acceptors (Lipinski definition) is 7. The summed E-state index contributed by atoms with van der Waals surface area (Å²) in [6.07, 6.45) is 0.186. The van der Waals surface area contributed by atoms with Gasteiger partial charge in [0.05, 0.1) is 11.3 Å². The number of nitrogens with two attached hydrogens (primary N) is 1. The average molecular weight is 529 g/mol. The molecule has 0 unspecified atom stereocenters. The number of rotatable bonds is 6. The summed E-state index contributed by atoms with van der Waals surface area (Å²) in [6, 6.07) is 5.10. The second-order valence-electron chi connectivity index (χ2n) is 9.95. The molecule has 8 nitrogen and oxygen atoms in total. The van der Waals surface area contributed by atoms with Crippen molar-refractivity contribution in [3.05, 3.63) is 53.5 Å². The van der Waals surface area contributed by atoms with Crippen molar-refractivity contribution in [2.45, 2.75) is 38.4 Å². The Bertz CT molecular complexity index is 1360. The van der Waals surface area contributed by atoms with Crippen molar-refractivity contribution in [2.24, 2.45) is 5.92 Å². The first-order valence-corrected chi connectivity index (χ1v) is 12.6. The van der Waals surface area contributed by atoms with Crippen LogP contribution in [0.25, 0.3) is 11.3 Å². The van der Waals surface area contributed by atoms with Gasteiger partial charge in [-0.3, -0.25) is 0 Å². The quantitative estimate of drug-likeness (QED) is 0.477. The number of halogens is 4. The average Bonchev–Trinajstić information content (AvgIpc) is 3.26. The molecule has 2 fully saturated rings. The molecule has 0 saturated carbocycles. The molecule has 0 spiro atoms. The predicted molar refractivity (Wildman–Crippen MR) is 134 cm³/mol. The fraction of sp³-hybridized carbons (Fsp3) is 0.462. The number of alkyl halides is 3. The van der Waals surface area contributed by atoms with E-state index in [1.807, 2.05) is 9.47 Å². The van der Waals surface area contributed by atoms with Crippen LogP contribution in [0.3, 0.4) is 0 Å². The third-order valence-electron chi connectivity index (χ3n) is 7.49. The van der Waals surface area contributed by atoms with Gasteiger partial charge in [0.15, 0.2) is 5.82 Å². The summed E-state index contributed by atoms with van der Waals surface area (Å²) in [5, 5.41) is 9.54. The first-order chi connectivity index (χ1) is 18.2. The summed E-state index contributed by atoms with van der Waals surface area (Å²) in [5.41, 5.74) is 5.44. The highest BCUT2D eigenvalue weighted by molar-refractivity contribution is 5.64. The molecule has 0 amide bonds. The van der Waals surface area contributed by atoms with Gasteiger partial charge in [-0.2, -0.15) is 18.4 Å². The largest absolute Gasteiger partial charge is 0.419 e. The number of aromatic nitrogens is 4. The molecular weight excluding hydrogens is 500 g/mol. The Hall–Kier alpha value is -3.72. The maximum atomic E-state index is 13.9. The van der Waals surface area contributed by atoms with Crippen LogP contribution in [0.1, 0.15) is 42.6 Å². The van der Waals surface area contributed by atoms with Crippen molar-refractivity contribution in [1.82, 2.24) is 24.4 Å². The lowest BCUT2D eigenvalue weighted by atomic mass is 9.86. The minimum Gasteiger partial charge on any atom is -0.382 e. The van der Waals surface area contributed by atoms with Gasteiger partial charge in [0.2, 0.25) is 0 Å². The summed E-state index contributed by atoms with van der Waals surface area (Å²) in [6.45, 7) is 6.82. The van der Waals surface area contributed by atoms with Gasteiger partial charge in [-0.05, 0) is 50.0 Å². The molecule has 2 saturated heterocycles. The molecule has 4 heterocycles. The van der Waals surface area contributed by atoms with Crippen molar-refractivity contribution in [3.8, 4) is 17.3 Å². The van der Waals surface area contributed by atoms with E-state index in [9.17, 15) is 22.8 Å². The van der Waals surface area contributed by atoms with Crippen molar-refractivity contribution in [3.63, 3.8) is 0 Å². The Morgan fingerprint density at radius 1 is 1.16 bits per heavy atom. The van der Waals surface area contributed by atoms with E-state index >= 15 is 0 Å². The molecule has 200 valence electrons. The molecular formula is C26H28F4N8. The summed E-state index contributed by atoms with van der Waals surface area (Å²) >= 11 is 0. The van der Waals surface area contributed by atoms with Crippen LogP contribution in [0.4, 0.5) is 29.2 Å². The number of benzene rings is 1. The number of nitriles is 1. The number of nitrogen functional groups attached to an aromatic ring is 1. The summed E-state index contributed by atoms with van der Waals surface area (Å²) < 4.78 is 56.1. The number of likely N-dealkylation sites (tertiary alicyclic amines) is 1. The highest BCUT2D eigenvalue weighted by Crippen LogP contribution is 2.38. The Balaban J connectivity index is 1.44. The third kappa shape index (κ3) is 5.03. The van der Waals surface area contributed by atoms with Gasteiger partial charge in [-0.15, -0.1) is 0 Å². The van der Waals surface area contributed by atoms with E-state index in [0.29, 0.717) is 37.6 Å². The lowest BCUT2D eigenvalue weighted by Crippen LogP contribution is -2.41. The van der Waals surface area contributed by atoms with Crippen LogP contribution in [-0.2, 0) is 12.7 Å². The molecule has 3 aromatic rings. The summed E-state index contributed by atoms with van der Waals surface area (Å²) in [4.78, 5) is 17.3. The number of piperidine rings is 1. The number of hydrogen-bond donors (Lipinski definition) is 1. The van der Waals surface area contributed by atoms with Crippen LogP contribution in [-0.4, -0.2) is 57.1 Å². The van der Waals surface area contributed by atoms with Crippen LogP contribution in [0, 0.1) is 23.1 Å². The molecule has 12 heteroatoms. The highest BCUT2D eigenvalue weighted by Gasteiger charge is 2.35. The maximum absolute atomic E-state index is 13.9. The normalized spacial score (nSPS) is 20.3. The van der Waals surface area contributed by atoms with Gasteiger partial charge in [-0.25, -0.2) is 19.3 Å². The van der Waals surface area contributed by atoms with E-state index in [4.69, 9.17) is 10.7 Å². The smallest absolute Gasteiger partial charge is 0.382 e. The Morgan fingerprint density at radius 3 is 2.61 bits per heavy atom. The first-order valence-electron chi connectivity index (χ1n) is 12.6. The fourth-order valence-corrected chi connectivity index (χ4v) is 5.26. The van der Waals surface area contributed by atoms with Crippen molar-refractivity contribution in [1.29, 1.82) is 5.26 Å². The van der Waals surface area contributed by atoms with E-state index in [1.54, 1.807) is 6.20 Å². The van der Waals surface area contributed by atoms with E-state index in [0.717, 1.165) is 44.0 Å². The summed E-state index contributed by atoms with van der Waals surface area (Å²) in [7, 11) is 0. The molecule has 5 rings (SSSR count). The molecule has 2 aliphatic rings. The van der Waals surface area contributed by atoms with E-state index in [2.05, 4.69) is 27.9 Å². The molecule has 2 atom stereocenters. The minimum absolute atomic E-state index is 0.0312. The standard InChI is InChI=1S/C26H28F4N8/c1-16-13-37(24-19(12-31)23(32)33-15-34-24)8-5-18(16)25-35-22(14-38(25)10-9-36-6-2-7-36)17-3-4-21(27)20(11-17)26(28,29)30/h3-4,11,14-16,18H,2,5-10,13H2,1H3,(H2,32,33,34)/t16-,18+/m0/s1. The second kappa shape index (κ2) is 10.2. The van der Waals surface area contributed by atoms with E-state index in [-0.39, 0.29) is 28.8 Å². The van der Waals surface area contributed by atoms with Crippen LogP contribution in [0.5, 0.6) is 0 Å². The van der Waals surface area contributed by atoms with Crippen molar-refractivity contribution in [2.75, 3.05) is 43.4 Å². The Morgan fingerprint density at radius 2 is 1.95 bits per heavy atom. The van der Waals surface area contributed by atoms with Gasteiger partial charge in [0.1, 0.15) is 35.4 Å². The molecule has 38 heavy (non-hydrogen) atoms. The van der Waals surface area contributed by atoms with Crippen molar-refractivity contribution < 1.29 is 17.6 Å². The molecule has 2 aromatic heterocycles. The molecule has 0 bridgehead atoms. The molecule has 2 aliphatic heterocycles. The van der Waals surface area contributed by atoms with Crippen LogP contribution < -0.4 is 10.6 Å². The molecule has 2 N–H and O–H groups in total. The van der Waals surface area contributed by atoms with Gasteiger partial charge >= 0.3 is 6.18 Å². The van der Waals surface area contributed by atoms with Crippen LogP contribution >= 0.6 is 0 Å². The fourth-order valence-electron chi connectivity index (χ4n) is 5.26. The van der Waals surface area contributed by atoms with Crippen molar-refractivity contribution >= 4 is 11.6 Å². The second-order valence-corrected chi connectivity index (χ2v) is 9.95. The summed E-state index contributed by atoms with van der Waals surface area (Å²) in [5.74, 6) is 0.260. The Labute approximate surface area is 217 Å². The van der Waals surface area contributed by atoms with E-state index in [1.165, 1.54) is 12.4 Å². The zero-order valence-corrected chi connectivity index (χ0v) is 20.9. The topological polar surface area (TPSA) is 99.9 Å². The third-order valence-corrected chi connectivity index (χ3v) is 7.49. The van der Waals surface area contributed by atoms with Gasteiger partial charge < -0.3 is 20.1 Å². The molecule has 0 radical (unpaired) electrons. The van der Waals surface area contributed by atoms with Crippen LogP contribution in [0.15, 0.2) is 30.7 Å².